The maximum Gasteiger partial charge on any atom is 0.112 e. The molecule has 0 radical (unpaired) electrons. The summed E-state index contributed by atoms with van der Waals surface area (Å²) in [5.41, 5.74) is 1.89. The van der Waals surface area contributed by atoms with Crippen molar-refractivity contribution in [2.45, 2.75) is 13.5 Å². The van der Waals surface area contributed by atoms with Crippen LogP contribution >= 0.6 is 11.3 Å². The van der Waals surface area contributed by atoms with Crippen molar-refractivity contribution in [3.8, 4) is 0 Å². The Bertz CT molecular complexity index is 672. The molecule has 0 saturated heterocycles. The van der Waals surface area contributed by atoms with Gasteiger partial charge in [0.2, 0.25) is 0 Å². The maximum absolute atomic E-state index is 4.33. The topological polar surface area (TPSA) is 50.7 Å². The van der Waals surface area contributed by atoms with Crippen molar-refractivity contribution in [2.75, 3.05) is 5.32 Å². The quantitative estimate of drug-likeness (QED) is 0.782. The summed E-state index contributed by atoms with van der Waals surface area (Å²) < 4.78 is 0. The van der Waals surface area contributed by atoms with Gasteiger partial charge in [0.1, 0.15) is 5.01 Å². The zero-order valence-electron chi connectivity index (χ0n) is 9.92. The van der Waals surface area contributed by atoms with Crippen LogP contribution in [0.2, 0.25) is 0 Å². The fourth-order valence-electron chi connectivity index (χ4n) is 1.80. The average molecular weight is 256 g/mol. The van der Waals surface area contributed by atoms with Gasteiger partial charge in [0.25, 0.3) is 0 Å². The molecule has 0 fully saturated rings. The number of nitrogens with one attached hydrogen (secondary N) is 1. The van der Waals surface area contributed by atoms with Gasteiger partial charge in [-0.15, -0.1) is 11.3 Å². The van der Waals surface area contributed by atoms with E-state index in [9.17, 15) is 0 Å². The van der Waals surface area contributed by atoms with Gasteiger partial charge in [-0.3, -0.25) is 0 Å². The monoisotopic (exact) mass is 256 g/mol. The number of hydrogen-bond donors (Lipinski definition) is 1. The number of fused-ring (bicyclic) bond motifs is 1. The van der Waals surface area contributed by atoms with Gasteiger partial charge in [-0.25, -0.2) is 4.98 Å². The molecule has 2 heterocycles. The lowest BCUT2D eigenvalue weighted by atomic mass is 10.2. The highest BCUT2D eigenvalue weighted by molar-refractivity contribution is 7.11. The molecule has 0 spiro atoms. The lowest BCUT2D eigenvalue weighted by molar-refractivity contribution is 1.05. The third-order valence-corrected chi connectivity index (χ3v) is 3.56. The van der Waals surface area contributed by atoms with Crippen LogP contribution in [0.15, 0.2) is 36.7 Å². The Balaban J connectivity index is 1.86. The number of thiazole rings is 1. The van der Waals surface area contributed by atoms with Crippen LogP contribution in [0.5, 0.6) is 0 Å². The molecule has 90 valence electrons. The van der Waals surface area contributed by atoms with Crippen LogP contribution in [-0.4, -0.2) is 15.2 Å². The first-order valence-electron chi connectivity index (χ1n) is 5.68. The van der Waals surface area contributed by atoms with Crippen LogP contribution in [-0.2, 0) is 6.54 Å². The minimum atomic E-state index is 0.716. The van der Waals surface area contributed by atoms with Gasteiger partial charge in [0, 0.05) is 16.5 Å². The lowest BCUT2D eigenvalue weighted by Crippen LogP contribution is -2.00. The fraction of sp³-hybridized carbons (Fsp3) is 0.154. The zero-order valence-corrected chi connectivity index (χ0v) is 10.7. The number of aromatic nitrogens is 3. The Hall–Kier alpha value is -2.01. The molecule has 0 saturated carbocycles. The average Bonchev–Trinajstić information content (AvgIpc) is 2.82. The van der Waals surface area contributed by atoms with Crippen LogP contribution < -0.4 is 5.32 Å². The Kier molecular flexibility index (Phi) is 2.90. The Labute approximate surface area is 109 Å². The molecule has 0 bridgehead atoms. The number of hydrogen-bond acceptors (Lipinski definition) is 5. The van der Waals surface area contributed by atoms with Crippen molar-refractivity contribution in [1.29, 1.82) is 0 Å². The number of anilines is 1. The van der Waals surface area contributed by atoms with E-state index in [4.69, 9.17) is 0 Å². The molecule has 3 rings (SSSR count). The second-order valence-corrected chi connectivity index (χ2v) is 5.31. The highest BCUT2D eigenvalue weighted by atomic mass is 32.1. The molecule has 0 unspecified atom stereocenters. The maximum atomic E-state index is 4.33. The normalized spacial score (nSPS) is 10.7. The van der Waals surface area contributed by atoms with Crippen molar-refractivity contribution in [1.82, 2.24) is 15.2 Å². The second-order valence-electron chi connectivity index (χ2n) is 3.99. The number of nitrogens with zero attached hydrogens (tertiary/aromatic N) is 3. The molecule has 3 aromatic rings. The number of aryl methyl sites for hydroxylation is 1. The Morgan fingerprint density at radius 3 is 2.94 bits per heavy atom. The third kappa shape index (κ3) is 2.17. The van der Waals surface area contributed by atoms with Gasteiger partial charge in [0.05, 0.1) is 23.9 Å². The standard InChI is InChI=1S/C13H12N4S/c1-9-6-15-13(18-9)8-14-12-7-16-17-11-5-3-2-4-10(11)12/h2-7H,8H2,1H3,(H,14,17). The molecule has 1 aromatic carbocycles. The zero-order chi connectivity index (χ0) is 12.4. The van der Waals surface area contributed by atoms with E-state index in [1.165, 1.54) is 4.88 Å². The molecule has 0 atom stereocenters. The fourth-order valence-corrected chi connectivity index (χ4v) is 2.53. The van der Waals surface area contributed by atoms with Gasteiger partial charge >= 0.3 is 0 Å². The minimum absolute atomic E-state index is 0.716. The van der Waals surface area contributed by atoms with Crippen LogP contribution in [0.25, 0.3) is 10.9 Å². The summed E-state index contributed by atoms with van der Waals surface area (Å²) in [5, 5.41) is 13.6. The molecule has 5 heteroatoms. The summed E-state index contributed by atoms with van der Waals surface area (Å²) in [5.74, 6) is 0. The molecule has 2 aromatic heterocycles. The third-order valence-electron chi connectivity index (χ3n) is 2.65. The van der Waals surface area contributed by atoms with E-state index in [-0.39, 0.29) is 0 Å². The van der Waals surface area contributed by atoms with Crippen LogP contribution in [0.3, 0.4) is 0 Å². The lowest BCUT2D eigenvalue weighted by Gasteiger charge is -2.06. The highest BCUT2D eigenvalue weighted by Crippen LogP contribution is 2.21. The molecule has 4 nitrogen and oxygen atoms in total. The molecule has 1 N–H and O–H groups in total. The molecule has 18 heavy (non-hydrogen) atoms. The smallest absolute Gasteiger partial charge is 0.112 e. The summed E-state index contributed by atoms with van der Waals surface area (Å²) in [6, 6.07) is 7.97. The van der Waals surface area contributed by atoms with Crippen molar-refractivity contribution >= 4 is 27.9 Å². The van der Waals surface area contributed by atoms with E-state index < -0.39 is 0 Å². The summed E-state index contributed by atoms with van der Waals surface area (Å²) >= 11 is 1.70. The minimum Gasteiger partial charge on any atom is -0.377 e. The van der Waals surface area contributed by atoms with Gasteiger partial charge in [0.15, 0.2) is 0 Å². The molecule has 0 amide bonds. The SMILES string of the molecule is Cc1cnc(CNc2cnnc3ccccc23)s1. The summed E-state index contributed by atoms with van der Waals surface area (Å²) in [4.78, 5) is 5.56. The van der Waals surface area contributed by atoms with Gasteiger partial charge in [-0.05, 0) is 13.0 Å². The van der Waals surface area contributed by atoms with E-state index in [1.807, 2.05) is 30.5 Å². The van der Waals surface area contributed by atoms with Crippen LogP contribution in [0, 0.1) is 6.92 Å². The molecule has 0 aliphatic rings. The van der Waals surface area contributed by atoms with Crippen molar-refractivity contribution < 1.29 is 0 Å². The Morgan fingerprint density at radius 2 is 2.11 bits per heavy atom. The first-order valence-corrected chi connectivity index (χ1v) is 6.50. The number of rotatable bonds is 3. The summed E-state index contributed by atoms with van der Waals surface area (Å²) in [6.07, 6.45) is 3.65. The molecular weight excluding hydrogens is 244 g/mol. The van der Waals surface area contributed by atoms with Crippen LogP contribution in [0.4, 0.5) is 5.69 Å². The first kappa shape index (κ1) is 11.1. The predicted molar refractivity (Wildman–Crippen MR) is 73.7 cm³/mol. The molecule has 0 aliphatic carbocycles. The second kappa shape index (κ2) is 4.70. The van der Waals surface area contributed by atoms with Crippen LogP contribution in [0.1, 0.15) is 9.88 Å². The summed E-state index contributed by atoms with van der Waals surface area (Å²) in [7, 11) is 0. The highest BCUT2D eigenvalue weighted by Gasteiger charge is 2.03. The van der Waals surface area contributed by atoms with E-state index >= 15 is 0 Å². The van der Waals surface area contributed by atoms with E-state index in [2.05, 4.69) is 27.4 Å². The first-order chi connectivity index (χ1) is 8.83. The van der Waals surface area contributed by atoms with Crippen molar-refractivity contribution in [3.05, 3.63) is 46.5 Å². The molecular formula is C13H12N4S. The van der Waals surface area contributed by atoms with E-state index in [0.29, 0.717) is 6.54 Å². The summed E-state index contributed by atoms with van der Waals surface area (Å²) in [6.45, 7) is 2.78. The molecule has 0 aliphatic heterocycles. The van der Waals surface area contributed by atoms with Gasteiger partial charge < -0.3 is 5.32 Å². The van der Waals surface area contributed by atoms with Gasteiger partial charge in [-0.2, -0.15) is 10.2 Å². The van der Waals surface area contributed by atoms with E-state index in [1.54, 1.807) is 17.5 Å². The predicted octanol–water partition coefficient (Wildman–Crippen LogP) is 3.01. The Morgan fingerprint density at radius 1 is 1.22 bits per heavy atom. The van der Waals surface area contributed by atoms with Gasteiger partial charge in [-0.1, -0.05) is 18.2 Å². The number of benzene rings is 1. The van der Waals surface area contributed by atoms with Crippen molar-refractivity contribution in [3.63, 3.8) is 0 Å². The van der Waals surface area contributed by atoms with E-state index in [0.717, 1.165) is 21.6 Å². The van der Waals surface area contributed by atoms with Crippen molar-refractivity contribution in [2.24, 2.45) is 0 Å². The largest absolute Gasteiger partial charge is 0.377 e.